The highest BCUT2D eigenvalue weighted by molar-refractivity contribution is 7.89. The highest BCUT2D eigenvalue weighted by Gasteiger charge is 2.29. The minimum atomic E-state index is -3.71. The summed E-state index contributed by atoms with van der Waals surface area (Å²) in [6.45, 7) is 5.71. The quantitative estimate of drug-likeness (QED) is 0.565. The molecule has 1 saturated heterocycles. The maximum absolute atomic E-state index is 13.6. The summed E-state index contributed by atoms with van der Waals surface area (Å²) in [5.74, 6) is -0.218. The largest absolute Gasteiger partial charge is 0.379 e. The fraction of sp³-hybridized carbons (Fsp3) is 0.320. The molecule has 0 aliphatic carbocycles. The molecule has 0 saturated carbocycles. The Labute approximate surface area is 189 Å². The number of rotatable bonds is 6. The summed E-state index contributed by atoms with van der Waals surface area (Å²) in [6, 6.07) is 18.8. The Morgan fingerprint density at radius 2 is 1.72 bits per heavy atom. The predicted molar refractivity (Wildman–Crippen MR) is 127 cm³/mol. The zero-order chi connectivity index (χ0) is 22.7. The SMILES string of the molecule is CCc1ccc(C(=O)N(CC)c2cccc3ccccc23)cc1S(=O)(=O)N1CCOCC1. The minimum absolute atomic E-state index is 0.210. The van der Waals surface area contributed by atoms with Crippen molar-refractivity contribution < 1.29 is 17.9 Å². The number of carbonyl (C=O) groups is 1. The van der Waals surface area contributed by atoms with Crippen molar-refractivity contribution in [3.63, 3.8) is 0 Å². The molecule has 0 radical (unpaired) electrons. The van der Waals surface area contributed by atoms with E-state index in [9.17, 15) is 13.2 Å². The monoisotopic (exact) mass is 452 g/mol. The number of ether oxygens (including phenoxy) is 1. The van der Waals surface area contributed by atoms with Crippen LogP contribution in [0.15, 0.2) is 65.6 Å². The minimum Gasteiger partial charge on any atom is -0.379 e. The van der Waals surface area contributed by atoms with Gasteiger partial charge < -0.3 is 9.64 Å². The fourth-order valence-corrected chi connectivity index (χ4v) is 5.90. The maximum Gasteiger partial charge on any atom is 0.258 e. The van der Waals surface area contributed by atoms with Crippen LogP contribution in [0.4, 0.5) is 5.69 Å². The van der Waals surface area contributed by atoms with E-state index in [-0.39, 0.29) is 10.8 Å². The van der Waals surface area contributed by atoms with E-state index in [0.29, 0.717) is 50.4 Å². The van der Waals surface area contributed by atoms with Crippen molar-refractivity contribution in [2.75, 3.05) is 37.7 Å². The van der Waals surface area contributed by atoms with E-state index in [1.807, 2.05) is 56.3 Å². The third kappa shape index (κ3) is 4.16. The first-order chi connectivity index (χ1) is 15.5. The van der Waals surface area contributed by atoms with Gasteiger partial charge in [0.15, 0.2) is 0 Å². The number of anilines is 1. The van der Waals surface area contributed by atoms with Crippen LogP contribution >= 0.6 is 0 Å². The number of sulfonamides is 1. The van der Waals surface area contributed by atoms with E-state index in [2.05, 4.69) is 0 Å². The Bertz CT molecular complexity index is 1230. The highest BCUT2D eigenvalue weighted by atomic mass is 32.2. The molecule has 3 aromatic carbocycles. The van der Waals surface area contributed by atoms with Crippen molar-refractivity contribution in [3.05, 3.63) is 71.8 Å². The summed E-state index contributed by atoms with van der Waals surface area (Å²) in [5.41, 5.74) is 1.89. The smallest absolute Gasteiger partial charge is 0.258 e. The van der Waals surface area contributed by atoms with Gasteiger partial charge in [0.2, 0.25) is 10.0 Å². The van der Waals surface area contributed by atoms with Gasteiger partial charge in [-0.25, -0.2) is 8.42 Å². The number of aryl methyl sites for hydroxylation is 1. The van der Waals surface area contributed by atoms with Gasteiger partial charge in [0.1, 0.15) is 0 Å². The summed E-state index contributed by atoms with van der Waals surface area (Å²) < 4.78 is 33.5. The van der Waals surface area contributed by atoms with Crippen LogP contribution in [0.5, 0.6) is 0 Å². The van der Waals surface area contributed by atoms with Crippen molar-refractivity contribution in [1.82, 2.24) is 4.31 Å². The molecule has 0 spiro atoms. The Balaban J connectivity index is 1.76. The lowest BCUT2D eigenvalue weighted by Crippen LogP contribution is -2.41. The Kier molecular flexibility index (Phi) is 6.60. The van der Waals surface area contributed by atoms with E-state index in [0.717, 1.165) is 16.5 Å². The van der Waals surface area contributed by atoms with Gasteiger partial charge in [-0.2, -0.15) is 4.31 Å². The first-order valence-corrected chi connectivity index (χ1v) is 12.4. The van der Waals surface area contributed by atoms with Gasteiger partial charge in [-0.3, -0.25) is 4.79 Å². The number of benzene rings is 3. The number of nitrogens with zero attached hydrogens (tertiary/aromatic N) is 2. The molecular weight excluding hydrogens is 424 g/mol. The third-order valence-electron chi connectivity index (χ3n) is 5.90. The predicted octanol–water partition coefficient (Wildman–Crippen LogP) is 4.09. The average Bonchev–Trinajstić information content (AvgIpc) is 2.84. The first-order valence-electron chi connectivity index (χ1n) is 11.0. The van der Waals surface area contributed by atoms with Crippen LogP contribution in [0.3, 0.4) is 0 Å². The maximum atomic E-state index is 13.6. The molecular formula is C25H28N2O4S. The van der Waals surface area contributed by atoms with Gasteiger partial charge in [-0.15, -0.1) is 0 Å². The lowest BCUT2D eigenvalue weighted by Gasteiger charge is -2.27. The van der Waals surface area contributed by atoms with Gasteiger partial charge in [0.05, 0.1) is 23.8 Å². The Hall–Kier alpha value is -2.74. The van der Waals surface area contributed by atoms with Crippen molar-refractivity contribution in [1.29, 1.82) is 0 Å². The molecule has 0 aromatic heterocycles. The van der Waals surface area contributed by atoms with E-state index in [1.165, 1.54) is 4.31 Å². The van der Waals surface area contributed by atoms with Crippen molar-refractivity contribution in [3.8, 4) is 0 Å². The lowest BCUT2D eigenvalue weighted by atomic mass is 10.1. The summed E-state index contributed by atoms with van der Waals surface area (Å²) in [5, 5.41) is 2.03. The van der Waals surface area contributed by atoms with E-state index >= 15 is 0 Å². The summed E-state index contributed by atoms with van der Waals surface area (Å²) >= 11 is 0. The second-order valence-corrected chi connectivity index (χ2v) is 9.65. The van der Waals surface area contributed by atoms with Crippen molar-refractivity contribution in [2.24, 2.45) is 0 Å². The number of hydrogen-bond acceptors (Lipinski definition) is 4. The van der Waals surface area contributed by atoms with Crippen molar-refractivity contribution in [2.45, 2.75) is 25.2 Å². The van der Waals surface area contributed by atoms with Crippen molar-refractivity contribution >= 4 is 32.4 Å². The number of amides is 1. The van der Waals surface area contributed by atoms with Crippen LogP contribution in [0.2, 0.25) is 0 Å². The summed E-state index contributed by atoms with van der Waals surface area (Å²) in [7, 11) is -3.71. The number of hydrogen-bond donors (Lipinski definition) is 0. The second kappa shape index (κ2) is 9.40. The number of carbonyl (C=O) groups excluding carboxylic acids is 1. The first kappa shape index (κ1) is 22.5. The fourth-order valence-electron chi connectivity index (χ4n) is 4.17. The van der Waals surface area contributed by atoms with Crippen LogP contribution in [-0.2, 0) is 21.2 Å². The van der Waals surface area contributed by atoms with Crippen LogP contribution < -0.4 is 4.90 Å². The zero-order valence-electron chi connectivity index (χ0n) is 18.5. The molecule has 4 rings (SSSR count). The van der Waals surface area contributed by atoms with Gasteiger partial charge in [-0.1, -0.05) is 49.4 Å². The molecule has 3 aromatic rings. The van der Waals surface area contributed by atoms with Gasteiger partial charge in [0, 0.05) is 30.6 Å². The zero-order valence-corrected chi connectivity index (χ0v) is 19.3. The molecule has 0 unspecified atom stereocenters. The molecule has 7 heteroatoms. The molecule has 32 heavy (non-hydrogen) atoms. The molecule has 1 aliphatic rings. The molecule has 1 fully saturated rings. The second-order valence-electron chi connectivity index (χ2n) is 7.74. The molecule has 6 nitrogen and oxygen atoms in total. The number of fused-ring (bicyclic) bond motifs is 1. The standard InChI is InChI=1S/C25H28N2O4S/c1-3-19-12-13-21(18-24(19)32(29,30)26-14-16-31-17-15-26)25(28)27(4-2)23-11-7-9-20-8-5-6-10-22(20)23/h5-13,18H,3-4,14-17H2,1-2H3. The molecule has 0 bridgehead atoms. The Morgan fingerprint density at radius 1 is 1.00 bits per heavy atom. The lowest BCUT2D eigenvalue weighted by molar-refractivity contribution is 0.0730. The van der Waals surface area contributed by atoms with Crippen LogP contribution in [0.25, 0.3) is 10.8 Å². The summed E-state index contributed by atoms with van der Waals surface area (Å²) in [4.78, 5) is 15.5. The number of morpholine rings is 1. The average molecular weight is 453 g/mol. The van der Waals surface area contributed by atoms with Crippen LogP contribution in [0.1, 0.15) is 29.8 Å². The molecule has 0 N–H and O–H groups in total. The van der Waals surface area contributed by atoms with Gasteiger partial charge >= 0.3 is 0 Å². The highest BCUT2D eigenvalue weighted by Crippen LogP contribution is 2.29. The van der Waals surface area contributed by atoms with Crippen LogP contribution in [0, 0.1) is 0 Å². The molecule has 168 valence electrons. The van der Waals surface area contributed by atoms with E-state index < -0.39 is 10.0 Å². The third-order valence-corrected chi connectivity index (χ3v) is 7.88. The topological polar surface area (TPSA) is 66.9 Å². The normalized spacial score (nSPS) is 15.1. The van der Waals surface area contributed by atoms with E-state index in [4.69, 9.17) is 4.74 Å². The van der Waals surface area contributed by atoms with Gasteiger partial charge in [-0.05, 0) is 42.5 Å². The van der Waals surface area contributed by atoms with Gasteiger partial charge in [0.25, 0.3) is 5.91 Å². The van der Waals surface area contributed by atoms with E-state index in [1.54, 1.807) is 23.1 Å². The van der Waals surface area contributed by atoms with Crippen LogP contribution in [-0.4, -0.2) is 51.5 Å². The summed E-state index contributed by atoms with van der Waals surface area (Å²) in [6.07, 6.45) is 0.564. The Morgan fingerprint density at radius 3 is 2.44 bits per heavy atom. The molecule has 1 aliphatic heterocycles. The molecule has 0 atom stereocenters. The molecule has 1 heterocycles. The molecule has 1 amide bonds.